The van der Waals surface area contributed by atoms with Crippen LogP contribution < -0.4 is 4.74 Å². The number of allylic oxidation sites excluding steroid dienone is 1. The van der Waals surface area contributed by atoms with E-state index in [-0.39, 0.29) is 0 Å². The molecule has 2 radical (unpaired) electrons. The lowest BCUT2D eigenvalue weighted by atomic mass is 9.92. The first kappa shape index (κ1) is 14.2. The molecule has 1 aliphatic rings. The van der Waals surface area contributed by atoms with Crippen molar-refractivity contribution in [2.75, 3.05) is 7.11 Å². The van der Waals surface area contributed by atoms with E-state index in [1.165, 1.54) is 22.3 Å². The molecule has 106 valence electrons. The van der Waals surface area contributed by atoms with Crippen molar-refractivity contribution in [2.24, 2.45) is 0 Å². The van der Waals surface area contributed by atoms with Crippen LogP contribution in [0.1, 0.15) is 24.0 Å². The van der Waals surface area contributed by atoms with Crippen LogP contribution in [0, 0.1) is 12.8 Å². The van der Waals surface area contributed by atoms with Crippen molar-refractivity contribution in [1.82, 2.24) is 0 Å². The lowest BCUT2D eigenvalue weighted by Gasteiger charge is -2.13. The molecule has 0 amide bonds. The Morgan fingerprint density at radius 2 is 1.38 bits per heavy atom. The Hall–Kier alpha value is -1.73. The highest BCUT2D eigenvalue weighted by Crippen LogP contribution is 2.35. The Labute approximate surface area is 131 Å². The van der Waals surface area contributed by atoms with Crippen LogP contribution in [0.25, 0.3) is 5.57 Å². The smallest absolute Gasteiger partial charge is 0.118 e. The molecule has 3 rings (SSSR count). The zero-order valence-electron chi connectivity index (χ0n) is 12.0. The molecule has 0 N–H and O–H groups in total. The zero-order valence-corrected chi connectivity index (χ0v) is 12.7. The average Bonchev–Trinajstić information content (AvgIpc) is 3.04. The third-order valence-corrected chi connectivity index (χ3v) is 3.95. The molecule has 0 spiro atoms. The second-order valence-electron chi connectivity index (χ2n) is 5.05. The van der Waals surface area contributed by atoms with Gasteiger partial charge in [-0.2, -0.15) is 0 Å². The van der Waals surface area contributed by atoms with E-state index in [0.717, 1.165) is 23.6 Å². The van der Waals surface area contributed by atoms with Crippen molar-refractivity contribution in [2.45, 2.75) is 12.8 Å². The van der Waals surface area contributed by atoms with Crippen molar-refractivity contribution < 1.29 is 4.74 Å². The third-order valence-electron chi connectivity index (χ3n) is 3.70. The zero-order chi connectivity index (χ0) is 14.7. The predicted molar refractivity (Wildman–Crippen MR) is 88.3 cm³/mol. The van der Waals surface area contributed by atoms with Crippen LogP contribution in [0.15, 0.2) is 54.1 Å². The molecule has 0 aliphatic heterocycles. The molecular formula is C19H17ClO. The third kappa shape index (κ3) is 3.14. The Kier molecular flexibility index (Phi) is 4.31. The minimum atomic E-state index is 0.761. The van der Waals surface area contributed by atoms with Crippen LogP contribution in [0.5, 0.6) is 5.75 Å². The van der Waals surface area contributed by atoms with E-state index in [1.54, 1.807) is 7.11 Å². The number of hydrogen-bond donors (Lipinski definition) is 0. The molecule has 0 atom stereocenters. The van der Waals surface area contributed by atoms with Crippen LogP contribution in [0.3, 0.4) is 0 Å². The van der Waals surface area contributed by atoms with E-state index in [9.17, 15) is 0 Å². The second-order valence-corrected chi connectivity index (χ2v) is 5.49. The van der Waals surface area contributed by atoms with Crippen LogP contribution >= 0.6 is 11.6 Å². The number of ether oxygens (including phenoxy) is 1. The number of hydrogen-bond acceptors (Lipinski definition) is 1. The van der Waals surface area contributed by atoms with E-state index >= 15 is 0 Å². The predicted octanol–water partition coefficient (Wildman–Crippen LogP) is 5.35. The molecule has 0 saturated heterocycles. The van der Waals surface area contributed by atoms with E-state index in [4.69, 9.17) is 16.3 Å². The van der Waals surface area contributed by atoms with Gasteiger partial charge in [0.15, 0.2) is 0 Å². The molecule has 21 heavy (non-hydrogen) atoms. The maximum absolute atomic E-state index is 6.01. The van der Waals surface area contributed by atoms with E-state index in [1.807, 2.05) is 24.3 Å². The SMILES string of the molecule is COc1ccc(C(=C2[CH]CC[CH]2)c2ccc(Cl)cc2)cc1. The van der Waals surface area contributed by atoms with Crippen LogP contribution in [-0.4, -0.2) is 7.11 Å². The normalized spacial score (nSPS) is 14.3. The van der Waals surface area contributed by atoms with Gasteiger partial charge >= 0.3 is 0 Å². The van der Waals surface area contributed by atoms with E-state index < -0.39 is 0 Å². The summed E-state index contributed by atoms with van der Waals surface area (Å²) in [7, 11) is 1.69. The van der Waals surface area contributed by atoms with Crippen molar-refractivity contribution in [3.05, 3.63) is 83.1 Å². The Balaban J connectivity index is 2.07. The molecule has 0 aromatic heterocycles. The lowest BCUT2D eigenvalue weighted by Crippen LogP contribution is -1.93. The molecule has 2 aromatic carbocycles. The molecule has 0 unspecified atom stereocenters. The number of rotatable bonds is 3. The minimum Gasteiger partial charge on any atom is -0.497 e. The van der Waals surface area contributed by atoms with Gasteiger partial charge in [-0.1, -0.05) is 41.4 Å². The fourth-order valence-corrected chi connectivity index (χ4v) is 2.77. The summed E-state index contributed by atoms with van der Waals surface area (Å²) in [4.78, 5) is 0. The maximum atomic E-state index is 6.01. The fourth-order valence-electron chi connectivity index (χ4n) is 2.64. The Morgan fingerprint density at radius 3 is 1.90 bits per heavy atom. The van der Waals surface area contributed by atoms with Gasteiger partial charge in [-0.3, -0.25) is 0 Å². The monoisotopic (exact) mass is 296 g/mol. The average molecular weight is 297 g/mol. The molecule has 0 heterocycles. The summed E-state index contributed by atoms with van der Waals surface area (Å²) in [5.41, 5.74) is 4.95. The largest absolute Gasteiger partial charge is 0.497 e. The topological polar surface area (TPSA) is 9.23 Å². The minimum absolute atomic E-state index is 0.761. The van der Waals surface area contributed by atoms with Gasteiger partial charge in [0, 0.05) is 5.02 Å². The summed E-state index contributed by atoms with van der Waals surface area (Å²) in [6, 6.07) is 16.3. The summed E-state index contributed by atoms with van der Waals surface area (Å²) in [6.45, 7) is 0. The first-order valence-electron chi connectivity index (χ1n) is 7.09. The van der Waals surface area contributed by atoms with Crippen molar-refractivity contribution in [1.29, 1.82) is 0 Å². The van der Waals surface area contributed by atoms with Crippen LogP contribution in [0.2, 0.25) is 5.02 Å². The number of benzene rings is 2. The van der Waals surface area contributed by atoms with Crippen LogP contribution in [0.4, 0.5) is 0 Å². The lowest BCUT2D eigenvalue weighted by molar-refractivity contribution is 0.415. The van der Waals surface area contributed by atoms with E-state index in [0.29, 0.717) is 0 Å². The molecule has 2 heteroatoms. The Bertz CT molecular complexity index is 630. The molecule has 1 nitrogen and oxygen atoms in total. The summed E-state index contributed by atoms with van der Waals surface area (Å²) in [5.74, 6) is 0.874. The summed E-state index contributed by atoms with van der Waals surface area (Å²) in [6.07, 6.45) is 6.83. The summed E-state index contributed by atoms with van der Waals surface area (Å²) < 4.78 is 5.25. The molecule has 1 aliphatic carbocycles. The van der Waals surface area contributed by atoms with Gasteiger partial charge in [0.25, 0.3) is 0 Å². The number of halogens is 1. The standard InChI is InChI=1S/C19H17ClO/c1-21-18-12-8-16(9-13-18)19(14-4-2-3-5-14)15-6-10-17(20)11-7-15/h4-13H,2-3H2,1H3. The van der Waals surface area contributed by atoms with Gasteiger partial charge in [-0.05, 0) is 66.6 Å². The second kappa shape index (κ2) is 6.36. The van der Waals surface area contributed by atoms with Crippen molar-refractivity contribution in [3.8, 4) is 5.75 Å². The van der Waals surface area contributed by atoms with Gasteiger partial charge in [0.1, 0.15) is 5.75 Å². The molecular weight excluding hydrogens is 280 g/mol. The highest BCUT2D eigenvalue weighted by molar-refractivity contribution is 6.30. The molecule has 2 aromatic rings. The van der Waals surface area contributed by atoms with Gasteiger partial charge in [-0.25, -0.2) is 0 Å². The molecule has 1 saturated carbocycles. The first-order valence-corrected chi connectivity index (χ1v) is 7.47. The van der Waals surface area contributed by atoms with Crippen LogP contribution in [-0.2, 0) is 0 Å². The fraction of sp³-hybridized carbons (Fsp3) is 0.158. The van der Waals surface area contributed by atoms with Gasteiger partial charge in [0.2, 0.25) is 0 Å². The Morgan fingerprint density at radius 1 is 0.857 bits per heavy atom. The molecule has 0 bridgehead atoms. The summed E-state index contributed by atoms with van der Waals surface area (Å²) in [5, 5.41) is 0.761. The number of methoxy groups -OCH3 is 1. The van der Waals surface area contributed by atoms with Gasteiger partial charge in [0.05, 0.1) is 7.11 Å². The summed E-state index contributed by atoms with van der Waals surface area (Å²) >= 11 is 6.01. The van der Waals surface area contributed by atoms with Crippen molar-refractivity contribution in [3.63, 3.8) is 0 Å². The highest BCUT2D eigenvalue weighted by atomic mass is 35.5. The quantitative estimate of drug-likeness (QED) is 0.741. The highest BCUT2D eigenvalue weighted by Gasteiger charge is 2.16. The maximum Gasteiger partial charge on any atom is 0.118 e. The van der Waals surface area contributed by atoms with Gasteiger partial charge in [-0.15, -0.1) is 0 Å². The first-order chi connectivity index (χ1) is 10.3. The molecule has 1 fully saturated rings. The van der Waals surface area contributed by atoms with Crippen molar-refractivity contribution >= 4 is 17.2 Å². The van der Waals surface area contributed by atoms with Gasteiger partial charge < -0.3 is 4.74 Å². The van der Waals surface area contributed by atoms with E-state index in [2.05, 4.69) is 37.1 Å².